The molecule has 0 bridgehead atoms. The molecule has 1 fully saturated rings. The number of carbonyl (C=O) groups is 1. The van der Waals surface area contributed by atoms with Crippen LogP contribution in [0.5, 0.6) is 0 Å². The third kappa shape index (κ3) is 2.85. The number of piperidine rings is 1. The number of hydrogen-bond acceptors (Lipinski definition) is 3. The van der Waals surface area contributed by atoms with Gasteiger partial charge in [0.2, 0.25) is 5.91 Å². The van der Waals surface area contributed by atoms with Gasteiger partial charge in [0.15, 0.2) is 0 Å². The number of amides is 1. The third-order valence-corrected chi connectivity index (χ3v) is 3.41. The molecule has 2 heterocycles. The Bertz CT molecular complexity index is 372. The molecule has 1 aliphatic heterocycles. The summed E-state index contributed by atoms with van der Waals surface area (Å²) in [5.74, 6) is 0.0795. The van der Waals surface area contributed by atoms with Crippen LogP contribution in [-0.2, 0) is 11.3 Å². The lowest BCUT2D eigenvalue weighted by molar-refractivity contribution is -0.126. The number of nitrogens with one attached hydrogen (secondary N) is 3. The maximum absolute atomic E-state index is 12.1. The average Bonchev–Trinajstić information content (AvgIpc) is 2.78. The molecule has 5 heteroatoms. The van der Waals surface area contributed by atoms with Gasteiger partial charge in [-0.25, -0.2) is 0 Å². The Kier molecular flexibility index (Phi) is 3.47. The summed E-state index contributed by atoms with van der Waals surface area (Å²) in [5.41, 5.74) is 1.02. The van der Waals surface area contributed by atoms with Crippen LogP contribution in [0.2, 0.25) is 0 Å². The maximum atomic E-state index is 12.1. The zero-order chi connectivity index (χ0) is 12.3. The molecule has 2 rings (SSSR count). The van der Waals surface area contributed by atoms with Crippen LogP contribution in [0.4, 0.5) is 0 Å². The van der Waals surface area contributed by atoms with Gasteiger partial charge in [-0.2, -0.15) is 5.10 Å². The fourth-order valence-electron chi connectivity index (χ4n) is 2.32. The zero-order valence-electron chi connectivity index (χ0n) is 10.4. The minimum Gasteiger partial charge on any atom is -0.351 e. The average molecular weight is 236 g/mol. The van der Waals surface area contributed by atoms with Gasteiger partial charge < -0.3 is 10.6 Å². The number of rotatable bonds is 3. The van der Waals surface area contributed by atoms with E-state index in [-0.39, 0.29) is 17.4 Å². The van der Waals surface area contributed by atoms with Crippen molar-refractivity contribution in [2.75, 3.05) is 6.54 Å². The summed E-state index contributed by atoms with van der Waals surface area (Å²) in [7, 11) is 0. The van der Waals surface area contributed by atoms with Crippen molar-refractivity contribution < 1.29 is 4.79 Å². The SMILES string of the molecule is CC1(C)CCCNC1C(=O)NCc1cn[nH]c1. The molecule has 94 valence electrons. The number of H-pyrrole nitrogens is 1. The lowest BCUT2D eigenvalue weighted by atomic mass is 9.77. The quantitative estimate of drug-likeness (QED) is 0.727. The number of nitrogens with zero attached hydrogens (tertiary/aromatic N) is 1. The molecule has 0 aromatic carbocycles. The molecule has 3 N–H and O–H groups in total. The van der Waals surface area contributed by atoms with Crippen molar-refractivity contribution in [1.82, 2.24) is 20.8 Å². The van der Waals surface area contributed by atoms with Gasteiger partial charge in [0.05, 0.1) is 12.2 Å². The van der Waals surface area contributed by atoms with Gasteiger partial charge in [0.25, 0.3) is 0 Å². The summed E-state index contributed by atoms with van der Waals surface area (Å²) in [6, 6.07) is -0.0943. The second-order valence-corrected chi connectivity index (χ2v) is 5.30. The second kappa shape index (κ2) is 4.87. The Labute approximate surface area is 101 Å². The van der Waals surface area contributed by atoms with Crippen LogP contribution in [0.25, 0.3) is 0 Å². The molecule has 0 aliphatic carbocycles. The summed E-state index contributed by atoms with van der Waals surface area (Å²) >= 11 is 0. The summed E-state index contributed by atoms with van der Waals surface area (Å²) < 4.78 is 0. The van der Waals surface area contributed by atoms with Crippen LogP contribution in [0, 0.1) is 5.41 Å². The highest BCUT2D eigenvalue weighted by atomic mass is 16.2. The minimum absolute atomic E-state index is 0.0265. The fourth-order valence-corrected chi connectivity index (χ4v) is 2.32. The highest BCUT2D eigenvalue weighted by Gasteiger charge is 2.36. The Balaban J connectivity index is 1.90. The van der Waals surface area contributed by atoms with E-state index in [2.05, 4.69) is 34.7 Å². The Morgan fingerprint density at radius 2 is 2.47 bits per heavy atom. The van der Waals surface area contributed by atoms with Crippen molar-refractivity contribution in [3.05, 3.63) is 18.0 Å². The monoisotopic (exact) mass is 236 g/mol. The van der Waals surface area contributed by atoms with E-state index in [1.54, 1.807) is 12.4 Å². The van der Waals surface area contributed by atoms with Crippen LogP contribution in [-0.4, -0.2) is 28.7 Å². The molecule has 1 aromatic heterocycles. The van der Waals surface area contributed by atoms with Gasteiger partial charge in [-0.1, -0.05) is 13.8 Å². The Morgan fingerprint density at radius 3 is 3.12 bits per heavy atom. The van der Waals surface area contributed by atoms with Crippen molar-refractivity contribution in [1.29, 1.82) is 0 Å². The van der Waals surface area contributed by atoms with Crippen LogP contribution >= 0.6 is 0 Å². The third-order valence-electron chi connectivity index (χ3n) is 3.41. The normalized spacial score (nSPS) is 23.3. The standard InChI is InChI=1S/C12H20N4O/c1-12(2)4-3-5-13-10(12)11(17)14-6-9-7-15-16-8-9/h7-8,10,13H,3-6H2,1-2H3,(H,14,17)(H,15,16). The summed E-state index contributed by atoms with van der Waals surface area (Å²) in [5, 5.41) is 12.8. The molecule has 1 aromatic rings. The van der Waals surface area contributed by atoms with Crippen LogP contribution in [0.15, 0.2) is 12.4 Å². The molecule has 1 amide bonds. The second-order valence-electron chi connectivity index (χ2n) is 5.30. The van der Waals surface area contributed by atoms with Crippen molar-refractivity contribution in [2.45, 2.75) is 39.3 Å². The molecule has 0 spiro atoms. The van der Waals surface area contributed by atoms with Gasteiger partial charge in [-0.15, -0.1) is 0 Å². The highest BCUT2D eigenvalue weighted by molar-refractivity contribution is 5.82. The Hall–Kier alpha value is -1.36. The molecule has 1 aliphatic rings. The van der Waals surface area contributed by atoms with Gasteiger partial charge in [0, 0.05) is 18.3 Å². The number of aromatic nitrogens is 2. The van der Waals surface area contributed by atoms with Crippen LogP contribution in [0.3, 0.4) is 0 Å². The summed E-state index contributed by atoms with van der Waals surface area (Å²) in [6.07, 6.45) is 5.74. The predicted molar refractivity (Wildman–Crippen MR) is 65.2 cm³/mol. The van der Waals surface area contributed by atoms with Gasteiger partial charge >= 0.3 is 0 Å². The first-order valence-electron chi connectivity index (χ1n) is 6.08. The van der Waals surface area contributed by atoms with Gasteiger partial charge in [-0.05, 0) is 24.8 Å². The van der Waals surface area contributed by atoms with Crippen molar-refractivity contribution in [3.8, 4) is 0 Å². The fraction of sp³-hybridized carbons (Fsp3) is 0.667. The highest BCUT2D eigenvalue weighted by Crippen LogP contribution is 2.30. The molecule has 17 heavy (non-hydrogen) atoms. The molecule has 0 radical (unpaired) electrons. The minimum atomic E-state index is -0.0943. The first kappa shape index (κ1) is 12.1. The van der Waals surface area contributed by atoms with E-state index in [0.29, 0.717) is 6.54 Å². The number of hydrogen-bond donors (Lipinski definition) is 3. The molecule has 1 atom stereocenters. The van der Waals surface area contributed by atoms with Crippen molar-refractivity contribution in [2.24, 2.45) is 5.41 Å². The smallest absolute Gasteiger partial charge is 0.237 e. The topological polar surface area (TPSA) is 69.8 Å². The molecule has 1 unspecified atom stereocenters. The zero-order valence-corrected chi connectivity index (χ0v) is 10.4. The Morgan fingerprint density at radius 1 is 1.65 bits per heavy atom. The number of carbonyl (C=O) groups excluding carboxylic acids is 1. The number of aromatic amines is 1. The lowest BCUT2D eigenvalue weighted by Crippen LogP contribution is -2.55. The molecule has 5 nitrogen and oxygen atoms in total. The first-order chi connectivity index (χ1) is 8.09. The van der Waals surface area contributed by atoms with Crippen LogP contribution in [0.1, 0.15) is 32.3 Å². The summed E-state index contributed by atoms with van der Waals surface area (Å²) in [6.45, 7) is 5.74. The van der Waals surface area contributed by atoms with E-state index in [9.17, 15) is 4.79 Å². The van der Waals surface area contributed by atoms with E-state index < -0.39 is 0 Å². The van der Waals surface area contributed by atoms with Crippen molar-refractivity contribution >= 4 is 5.91 Å². The van der Waals surface area contributed by atoms with Crippen molar-refractivity contribution in [3.63, 3.8) is 0 Å². The van der Waals surface area contributed by atoms with E-state index in [4.69, 9.17) is 0 Å². The molecule has 0 saturated carbocycles. The molecular weight excluding hydrogens is 216 g/mol. The molecular formula is C12H20N4O. The molecule has 1 saturated heterocycles. The van der Waals surface area contributed by atoms with E-state index in [0.717, 1.165) is 24.9 Å². The predicted octanol–water partition coefficient (Wildman–Crippen LogP) is 0.804. The van der Waals surface area contributed by atoms with E-state index >= 15 is 0 Å². The van der Waals surface area contributed by atoms with E-state index in [1.165, 1.54) is 0 Å². The maximum Gasteiger partial charge on any atom is 0.237 e. The summed E-state index contributed by atoms with van der Waals surface area (Å²) in [4.78, 5) is 12.1. The lowest BCUT2D eigenvalue weighted by Gasteiger charge is -2.38. The van der Waals surface area contributed by atoms with E-state index in [1.807, 2.05) is 0 Å². The van der Waals surface area contributed by atoms with Gasteiger partial charge in [-0.3, -0.25) is 9.89 Å². The first-order valence-corrected chi connectivity index (χ1v) is 6.08. The van der Waals surface area contributed by atoms with Crippen LogP contribution < -0.4 is 10.6 Å². The van der Waals surface area contributed by atoms with Gasteiger partial charge in [0.1, 0.15) is 0 Å². The largest absolute Gasteiger partial charge is 0.351 e.